The molecule has 5 rings (SSSR count). The number of amides is 2. The Morgan fingerprint density at radius 3 is 2.18 bits per heavy atom. The van der Waals surface area contributed by atoms with Crippen LogP contribution in [0.5, 0.6) is 0 Å². The topological polar surface area (TPSA) is 181 Å². The van der Waals surface area contributed by atoms with Crippen LogP contribution in [0.2, 0.25) is 0 Å². The Kier molecular flexibility index (Phi) is 12.5. The number of carbonyl (C=O) groups is 3. The molecule has 0 aromatic heterocycles. The first-order valence-electron chi connectivity index (χ1n) is 16.4. The van der Waals surface area contributed by atoms with Gasteiger partial charge in [-0.2, -0.15) is 13.0 Å². The van der Waals surface area contributed by atoms with Crippen LogP contribution >= 0.6 is 0 Å². The molecule has 0 atom stereocenters. The molecular formula is C35H41KN3O10S2+. The van der Waals surface area contributed by atoms with Crippen LogP contribution in [0.25, 0.3) is 0 Å². The second kappa shape index (κ2) is 15.4. The van der Waals surface area contributed by atoms with Crippen molar-refractivity contribution in [3.8, 4) is 0 Å². The molecule has 0 bridgehead atoms. The van der Waals surface area contributed by atoms with Crippen LogP contribution in [0.3, 0.4) is 0 Å². The van der Waals surface area contributed by atoms with Crippen molar-refractivity contribution in [2.45, 2.75) is 93.8 Å². The number of allylic oxidation sites excluding steroid dienone is 4. The molecule has 268 valence electrons. The van der Waals surface area contributed by atoms with Gasteiger partial charge in [0.1, 0.15) is 16.7 Å². The van der Waals surface area contributed by atoms with Gasteiger partial charge in [0.05, 0.1) is 15.2 Å². The van der Waals surface area contributed by atoms with Crippen LogP contribution in [0.15, 0.2) is 70.1 Å². The van der Waals surface area contributed by atoms with Gasteiger partial charge in [-0.05, 0) is 75.6 Å². The van der Waals surface area contributed by atoms with Crippen LogP contribution in [-0.4, -0.2) is 72.2 Å². The molecule has 13 nitrogen and oxygen atoms in total. The molecule has 2 aromatic rings. The zero-order valence-electron chi connectivity index (χ0n) is 29.6. The fourth-order valence-electron chi connectivity index (χ4n) is 6.96. The maximum atomic E-state index is 12.3. The zero-order valence-corrected chi connectivity index (χ0v) is 34.4. The summed E-state index contributed by atoms with van der Waals surface area (Å²) in [7, 11) is -9.09. The Bertz CT molecular complexity index is 2070. The first kappa shape index (κ1) is 41.2. The van der Waals surface area contributed by atoms with Crippen LogP contribution in [-0.2, 0) is 50.3 Å². The fourth-order valence-corrected chi connectivity index (χ4v) is 7.96. The number of hydroxylamine groups is 2. The van der Waals surface area contributed by atoms with E-state index in [1.54, 1.807) is 12.1 Å². The maximum Gasteiger partial charge on any atom is 1.00 e. The van der Waals surface area contributed by atoms with Crippen molar-refractivity contribution in [3.05, 3.63) is 71.5 Å². The predicted molar refractivity (Wildman–Crippen MR) is 182 cm³/mol. The van der Waals surface area contributed by atoms with Crippen molar-refractivity contribution in [2.75, 3.05) is 18.0 Å². The number of carbonyl (C=O) groups excluding carboxylic acids is 3. The minimum Gasteiger partial charge on any atom is -0.744 e. The number of anilines is 1. The zero-order chi connectivity index (χ0) is 36.8. The van der Waals surface area contributed by atoms with Gasteiger partial charge in [0.2, 0.25) is 5.69 Å². The van der Waals surface area contributed by atoms with Crippen molar-refractivity contribution in [1.82, 2.24) is 5.06 Å². The average Bonchev–Trinajstić information content (AvgIpc) is 3.54. The molecule has 3 aliphatic heterocycles. The van der Waals surface area contributed by atoms with Crippen LogP contribution in [0.1, 0.15) is 84.3 Å². The van der Waals surface area contributed by atoms with Crippen molar-refractivity contribution >= 4 is 55.1 Å². The van der Waals surface area contributed by atoms with E-state index in [2.05, 4.69) is 9.48 Å². The Balaban J connectivity index is 0.00000583. The summed E-state index contributed by atoms with van der Waals surface area (Å²) < 4.78 is 71.3. The Morgan fingerprint density at radius 1 is 0.941 bits per heavy atom. The molecule has 51 heavy (non-hydrogen) atoms. The SMILES string of the molecule is CCN1C(=CC=CC2=[N+](CCCCCC(=O)ON3C(=O)CCC3=O)c3ccc(S(=O)(=O)[O-])cc3C2(C)C)C(C)(C)c2cc(S(=O)(=O)O)ccc21.[K+]. The first-order valence-corrected chi connectivity index (χ1v) is 19.2. The molecule has 1 N–H and O–H groups in total. The number of benzene rings is 2. The summed E-state index contributed by atoms with van der Waals surface area (Å²) in [4.78, 5) is 42.3. The molecule has 0 saturated carbocycles. The molecule has 0 radical (unpaired) electrons. The number of rotatable bonds is 12. The quantitative estimate of drug-likeness (QED) is 0.109. The standard InChI is InChI=1S/C35H41N3O10S2.K/c1-6-36-27-16-14-23(49(42,43)44)21-25(27)34(2,3)29(36)11-10-12-30-35(4,5)26-22-24(50(45,46)47)15-17-28(26)37(30)20-9-7-8-13-33(41)48-38-31(39)18-19-32(38)40;/h10-12,14-17,21-22H,6-9,13,18-20H2,1-5H3,(H-,42,43,44,45,46,47);/q;+1. The van der Waals surface area contributed by atoms with E-state index in [9.17, 15) is 40.3 Å². The molecule has 3 heterocycles. The summed E-state index contributed by atoms with van der Waals surface area (Å²) in [6.07, 6.45) is 7.54. The van der Waals surface area contributed by atoms with Gasteiger partial charge in [-0.3, -0.25) is 14.1 Å². The number of unbranched alkanes of at least 4 members (excludes halogenated alkanes) is 2. The van der Waals surface area contributed by atoms with E-state index in [4.69, 9.17) is 4.84 Å². The molecular weight excluding hydrogens is 726 g/mol. The van der Waals surface area contributed by atoms with Gasteiger partial charge >= 0.3 is 57.4 Å². The van der Waals surface area contributed by atoms with Gasteiger partial charge in [-0.15, -0.1) is 5.06 Å². The number of likely N-dealkylation sites (N-methyl/N-ethyl adjacent to an activating group) is 1. The van der Waals surface area contributed by atoms with Gasteiger partial charge in [0, 0.05) is 66.7 Å². The van der Waals surface area contributed by atoms with E-state index in [0.29, 0.717) is 43.0 Å². The molecule has 0 unspecified atom stereocenters. The molecule has 16 heteroatoms. The third-order valence-electron chi connectivity index (χ3n) is 9.60. The summed E-state index contributed by atoms with van der Waals surface area (Å²) >= 11 is 0. The Hall–Kier alpha value is -2.54. The second-order valence-corrected chi connectivity index (χ2v) is 16.4. The molecule has 0 spiro atoms. The number of nitrogens with zero attached hydrogens (tertiary/aromatic N) is 3. The molecule has 2 aromatic carbocycles. The smallest absolute Gasteiger partial charge is 0.744 e. The molecule has 3 aliphatic rings. The van der Waals surface area contributed by atoms with E-state index in [-0.39, 0.29) is 80.4 Å². The normalized spacial score (nSPS) is 18.8. The van der Waals surface area contributed by atoms with Crippen LogP contribution < -0.4 is 56.3 Å². The van der Waals surface area contributed by atoms with E-state index < -0.39 is 48.8 Å². The fraction of sp³-hybridized carbons (Fsp3) is 0.429. The van der Waals surface area contributed by atoms with Crippen LogP contribution in [0.4, 0.5) is 11.4 Å². The van der Waals surface area contributed by atoms with E-state index in [0.717, 1.165) is 28.3 Å². The van der Waals surface area contributed by atoms with Gasteiger partial charge in [0.25, 0.3) is 21.9 Å². The monoisotopic (exact) mass is 766 g/mol. The van der Waals surface area contributed by atoms with Crippen molar-refractivity contribution in [2.24, 2.45) is 0 Å². The van der Waals surface area contributed by atoms with Gasteiger partial charge in [-0.25, -0.2) is 13.2 Å². The van der Waals surface area contributed by atoms with Gasteiger partial charge < -0.3 is 14.3 Å². The van der Waals surface area contributed by atoms with Crippen LogP contribution in [0, 0.1) is 0 Å². The average molecular weight is 767 g/mol. The molecule has 0 aliphatic carbocycles. The Labute approximate surface area is 341 Å². The second-order valence-electron chi connectivity index (χ2n) is 13.6. The third kappa shape index (κ3) is 8.34. The van der Waals surface area contributed by atoms with Crippen molar-refractivity contribution in [3.63, 3.8) is 0 Å². The number of fused-ring (bicyclic) bond motifs is 2. The first-order chi connectivity index (χ1) is 23.3. The number of imide groups is 1. The largest absolute Gasteiger partial charge is 1.00 e. The summed E-state index contributed by atoms with van der Waals surface area (Å²) in [5.74, 6) is -1.73. The van der Waals surface area contributed by atoms with Gasteiger partial charge in [-0.1, -0.05) is 19.9 Å². The minimum atomic E-state index is -4.70. The third-order valence-corrected chi connectivity index (χ3v) is 11.3. The van der Waals surface area contributed by atoms with Gasteiger partial charge in [0.15, 0.2) is 5.71 Å². The molecule has 1 fully saturated rings. The van der Waals surface area contributed by atoms with Crippen molar-refractivity contribution in [1.29, 1.82) is 0 Å². The minimum absolute atomic E-state index is 0. The molecule has 2 amide bonds. The number of hydrogen-bond acceptors (Lipinski definition) is 10. The summed E-state index contributed by atoms with van der Waals surface area (Å²) in [6.45, 7) is 10.9. The maximum absolute atomic E-state index is 12.3. The van der Waals surface area contributed by atoms with E-state index in [1.165, 1.54) is 24.3 Å². The van der Waals surface area contributed by atoms with Crippen molar-refractivity contribution < 1.29 is 101 Å². The van der Waals surface area contributed by atoms with E-state index >= 15 is 0 Å². The van der Waals surface area contributed by atoms with E-state index in [1.807, 2.05) is 52.8 Å². The Morgan fingerprint density at radius 2 is 1.57 bits per heavy atom. The summed E-state index contributed by atoms with van der Waals surface area (Å²) in [6, 6.07) is 8.92. The summed E-state index contributed by atoms with van der Waals surface area (Å²) in [5.41, 5.74) is 3.46. The molecule has 1 saturated heterocycles. The summed E-state index contributed by atoms with van der Waals surface area (Å²) in [5, 5.41) is 0.534. The predicted octanol–water partition coefficient (Wildman–Crippen LogP) is 1.64. The number of hydrogen-bond donors (Lipinski definition) is 1.